The van der Waals surface area contributed by atoms with Gasteiger partial charge in [0.1, 0.15) is 0 Å². The topological polar surface area (TPSA) is 67.6 Å². The zero-order valence-corrected chi connectivity index (χ0v) is 14.7. The molecule has 0 bridgehead atoms. The second-order valence-corrected chi connectivity index (χ2v) is 6.73. The van der Waals surface area contributed by atoms with Crippen LogP contribution in [-0.4, -0.2) is 63.3 Å². The lowest BCUT2D eigenvalue weighted by Crippen LogP contribution is -2.48. The van der Waals surface area contributed by atoms with Crippen molar-refractivity contribution in [3.63, 3.8) is 0 Å². The molecular formula is C19H25N3O3. The molecule has 0 radical (unpaired) electrons. The van der Waals surface area contributed by atoms with Crippen LogP contribution < -0.4 is 0 Å². The van der Waals surface area contributed by atoms with Crippen molar-refractivity contribution < 1.29 is 14.6 Å². The lowest BCUT2D eigenvalue weighted by Gasteiger charge is -2.36. The predicted octanol–water partition coefficient (Wildman–Crippen LogP) is 1.58. The van der Waals surface area contributed by atoms with Gasteiger partial charge in [-0.25, -0.2) is 4.98 Å². The highest BCUT2D eigenvalue weighted by Gasteiger charge is 2.24. The highest BCUT2D eigenvalue weighted by atomic mass is 16.5. The van der Waals surface area contributed by atoms with Crippen LogP contribution in [0.1, 0.15) is 30.0 Å². The van der Waals surface area contributed by atoms with Crippen molar-refractivity contribution in [3.05, 3.63) is 54.1 Å². The molecule has 0 spiro atoms. The molecule has 2 heterocycles. The molecule has 6 nitrogen and oxygen atoms in total. The molecule has 1 aliphatic rings. The van der Waals surface area contributed by atoms with Gasteiger partial charge in [0.15, 0.2) is 5.82 Å². The number of hydrogen-bond donors (Lipinski definition) is 1. The Labute approximate surface area is 148 Å². The summed E-state index contributed by atoms with van der Waals surface area (Å²) in [6, 6.07) is 9.08. The molecule has 0 saturated carbocycles. The Balaban J connectivity index is 1.64. The van der Waals surface area contributed by atoms with Crippen LogP contribution in [0.4, 0.5) is 0 Å². The van der Waals surface area contributed by atoms with E-state index in [4.69, 9.17) is 4.74 Å². The fraction of sp³-hybridized carbons (Fsp3) is 0.474. The van der Waals surface area contributed by atoms with Crippen LogP contribution in [0, 0.1) is 0 Å². The van der Waals surface area contributed by atoms with Gasteiger partial charge in [-0.15, -0.1) is 0 Å². The molecule has 25 heavy (non-hydrogen) atoms. The minimum atomic E-state index is -0.575. The Morgan fingerprint density at radius 3 is 2.60 bits per heavy atom. The summed E-state index contributed by atoms with van der Waals surface area (Å²) in [5.41, 5.74) is 0.597. The highest BCUT2D eigenvalue weighted by molar-refractivity contribution is 6.06. The molecule has 1 aliphatic heterocycles. The normalized spacial score (nSPS) is 22.7. The second-order valence-electron chi connectivity index (χ2n) is 6.73. The quantitative estimate of drug-likeness (QED) is 0.807. The molecule has 2 aromatic rings. The average Bonchev–Trinajstić information content (AvgIpc) is 3.01. The van der Waals surface area contributed by atoms with Crippen molar-refractivity contribution in [2.24, 2.45) is 0 Å². The van der Waals surface area contributed by atoms with Crippen molar-refractivity contribution in [1.82, 2.24) is 14.5 Å². The number of benzene rings is 1. The predicted molar refractivity (Wildman–Crippen MR) is 94.6 cm³/mol. The third kappa shape index (κ3) is 4.54. The molecule has 0 aliphatic carbocycles. The van der Waals surface area contributed by atoms with E-state index < -0.39 is 6.10 Å². The number of rotatable bonds is 6. The van der Waals surface area contributed by atoms with Gasteiger partial charge in [0.05, 0.1) is 24.9 Å². The van der Waals surface area contributed by atoms with Crippen LogP contribution in [0.25, 0.3) is 0 Å². The van der Waals surface area contributed by atoms with E-state index in [1.165, 1.54) is 0 Å². The van der Waals surface area contributed by atoms with E-state index in [0.29, 0.717) is 24.5 Å². The van der Waals surface area contributed by atoms with Gasteiger partial charge in [0.25, 0.3) is 0 Å². The van der Waals surface area contributed by atoms with Crippen LogP contribution >= 0.6 is 0 Å². The zero-order valence-electron chi connectivity index (χ0n) is 14.7. The molecule has 1 fully saturated rings. The third-order valence-electron chi connectivity index (χ3n) is 4.33. The first-order valence-electron chi connectivity index (χ1n) is 8.69. The summed E-state index contributed by atoms with van der Waals surface area (Å²) in [4.78, 5) is 19.0. The second kappa shape index (κ2) is 7.91. The number of ketones is 1. The third-order valence-corrected chi connectivity index (χ3v) is 4.33. The molecule has 1 aromatic carbocycles. The maximum atomic E-state index is 12.6. The van der Waals surface area contributed by atoms with Gasteiger partial charge in [0, 0.05) is 37.6 Å². The first kappa shape index (κ1) is 17.8. The molecule has 3 atom stereocenters. The van der Waals surface area contributed by atoms with E-state index in [9.17, 15) is 9.90 Å². The lowest BCUT2D eigenvalue weighted by atomic mass is 10.1. The van der Waals surface area contributed by atoms with Crippen LogP contribution in [0.15, 0.2) is 42.7 Å². The molecule has 1 N–H and O–H groups in total. The molecule has 1 aromatic heterocycles. The Bertz CT molecular complexity index is 691. The summed E-state index contributed by atoms with van der Waals surface area (Å²) in [5, 5.41) is 10.5. The molecule has 1 saturated heterocycles. The van der Waals surface area contributed by atoms with E-state index >= 15 is 0 Å². The maximum absolute atomic E-state index is 12.6. The van der Waals surface area contributed by atoms with Crippen molar-refractivity contribution in [1.29, 1.82) is 0 Å². The molecule has 134 valence electrons. The summed E-state index contributed by atoms with van der Waals surface area (Å²) in [6.07, 6.45) is 3.10. The highest BCUT2D eigenvalue weighted by Crippen LogP contribution is 2.13. The van der Waals surface area contributed by atoms with E-state index in [0.717, 1.165) is 13.1 Å². The van der Waals surface area contributed by atoms with Gasteiger partial charge in [-0.2, -0.15) is 0 Å². The average molecular weight is 343 g/mol. The number of ether oxygens (including phenoxy) is 1. The van der Waals surface area contributed by atoms with Gasteiger partial charge in [-0.3, -0.25) is 9.69 Å². The SMILES string of the molecule is C[C@@H]1CN(C[C@@H](O)Cn2ccnc2C(=O)c2ccccc2)C[C@@H](C)O1. The van der Waals surface area contributed by atoms with Crippen LogP contribution in [0.3, 0.4) is 0 Å². The number of aliphatic hydroxyl groups is 1. The Morgan fingerprint density at radius 1 is 1.24 bits per heavy atom. The van der Waals surface area contributed by atoms with E-state index in [2.05, 4.69) is 9.88 Å². The van der Waals surface area contributed by atoms with E-state index in [-0.39, 0.29) is 18.0 Å². The van der Waals surface area contributed by atoms with Crippen molar-refractivity contribution in [2.45, 2.75) is 38.7 Å². The number of nitrogens with zero attached hydrogens (tertiary/aromatic N) is 3. The largest absolute Gasteiger partial charge is 0.390 e. The van der Waals surface area contributed by atoms with Crippen LogP contribution in [0.2, 0.25) is 0 Å². The molecule has 3 rings (SSSR count). The number of carbonyl (C=O) groups excluding carboxylic acids is 1. The van der Waals surface area contributed by atoms with Gasteiger partial charge in [0.2, 0.25) is 5.78 Å². The summed E-state index contributed by atoms with van der Waals surface area (Å²) >= 11 is 0. The molecule has 0 amide bonds. The van der Waals surface area contributed by atoms with Crippen LogP contribution in [0.5, 0.6) is 0 Å². The zero-order chi connectivity index (χ0) is 17.8. The maximum Gasteiger partial charge on any atom is 0.228 e. The number of hydrogen-bond acceptors (Lipinski definition) is 5. The number of imidazole rings is 1. The summed E-state index contributed by atoms with van der Waals surface area (Å²) in [5.74, 6) is 0.223. The number of aromatic nitrogens is 2. The first-order chi connectivity index (χ1) is 12.0. The fourth-order valence-corrected chi connectivity index (χ4v) is 3.40. The van der Waals surface area contributed by atoms with Gasteiger partial charge < -0.3 is 14.4 Å². The minimum Gasteiger partial charge on any atom is -0.390 e. The summed E-state index contributed by atoms with van der Waals surface area (Å²) < 4.78 is 7.45. The number of carbonyl (C=O) groups is 1. The Hall–Kier alpha value is -2.02. The van der Waals surface area contributed by atoms with Crippen molar-refractivity contribution >= 4 is 5.78 Å². The number of morpholine rings is 1. The minimum absolute atomic E-state index is 0.133. The van der Waals surface area contributed by atoms with Crippen LogP contribution in [-0.2, 0) is 11.3 Å². The van der Waals surface area contributed by atoms with Gasteiger partial charge >= 0.3 is 0 Å². The smallest absolute Gasteiger partial charge is 0.228 e. The van der Waals surface area contributed by atoms with E-state index in [1.807, 2.05) is 32.0 Å². The Morgan fingerprint density at radius 2 is 1.92 bits per heavy atom. The van der Waals surface area contributed by atoms with Crippen molar-refractivity contribution in [2.75, 3.05) is 19.6 Å². The fourth-order valence-electron chi connectivity index (χ4n) is 3.40. The molecule has 6 heteroatoms. The summed E-state index contributed by atoms with van der Waals surface area (Å²) in [6.45, 7) is 6.59. The van der Waals surface area contributed by atoms with Gasteiger partial charge in [-0.1, -0.05) is 30.3 Å². The number of β-amino-alcohol motifs (C(OH)–C–C–N with tert-alkyl or cyclic N) is 1. The molecule has 0 unspecified atom stereocenters. The van der Waals surface area contributed by atoms with Crippen molar-refractivity contribution in [3.8, 4) is 0 Å². The van der Waals surface area contributed by atoms with Gasteiger partial charge in [-0.05, 0) is 13.8 Å². The first-order valence-corrected chi connectivity index (χ1v) is 8.69. The monoisotopic (exact) mass is 343 g/mol. The standard InChI is InChI=1S/C19H25N3O3/c1-14-10-21(11-15(2)25-14)12-17(23)13-22-9-8-20-19(22)18(24)16-6-4-3-5-7-16/h3-9,14-15,17,23H,10-13H2,1-2H3/t14-,15-,17-/m1/s1. The summed E-state index contributed by atoms with van der Waals surface area (Å²) in [7, 11) is 0. The van der Waals surface area contributed by atoms with E-state index in [1.54, 1.807) is 29.1 Å². The number of aliphatic hydroxyl groups excluding tert-OH is 1. The Kier molecular flexibility index (Phi) is 5.63. The lowest BCUT2D eigenvalue weighted by molar-refractivity contribution is -0.0772. The molecular weight excluding hydrogens is 318 g/mol.